The predicted octanol–water partition coefficient (Wildman–Crippen LogP) is 4.08. The minimum Gasteiger partial charge on any atom is -0.481 e. The van der Waals surface area contributed by atoms with E-state index in [0.717, 1.165) is 38.5 Å². The summed E-state index contributed by atoms with van der Waals surface area (Å²) in [7, 11) is 0. The minimum atomic E-state index is -0.700. The Labute approximate surface area is 116 Å². The van der Waals surface area contributed by atoms with E-state index in [2.05, 4.69) is 6.92 Å². The van der Waals surface area contributed by atoms with Gasteiger partial charge in [-0.1, -0.05) is 51.9 Å². The molecule has 1 atom stereocenters. The zero-order valence-electron chi connectivity index (χ0n) is 12.1. The second kappa shape index (κ2) is 12.0. The lowest BCUT2D eigenvalue weighted by atomic mass is 9.96. The number of carboxylic acid groups (broad SMARTS) is 2. The highest BCUT2D eigenvalue weighted by molar-refractivity contribution is 5.66. The van der Waals surface area contributed by atoms with Crippen molar-refractivity contribution in [2.45, 2.75) is 77.6 Å². The van der Waals surface area contributed by atoms with E-state index in [1.807, 2.05) is 0 Å². The van der Waals surface area contributed by atoms with E-state index in [1.54, 1.807) is 0 Å². The molecule has 0 aliphatic carbocycles. The van der Waals surface area contributed by atoms with E-state index in [4.69, 9.17) is 10.2 Å². The summed E-state index contributed by atoms with van der Waals surface area (Å²) in [6, 6.07) is 0. The normalized spacial score (nSPS) is 12.3. The summed E-state index contributed by atoms with van der Waals surface area (Å²) < 4.78 is 0. The Kier molecular flexibility index (Phi) is 11.3. The van der Waals surface area contributed by atoms with E-state index in [1.165, 1.54) is 19.3 Å². The molecule has 112 valence electrons. The molecule has 0 aromatic heterocycles. The van der Waals surface area contributed by atoms with Gasteiger partial charge in [-0.15, -0.1) is 0 Å². The molecule has 0 aliphatic heterocycles. The molecule has 0 amide bonds. The zero-order valence-corrected chi connectivity index (χ0v) is 12.1. The van der Waals surface area contributed by atoms with Crippen molar-refractivity contribution in [1.82, 2.24) is 0 Å². The first-order chi connectivity index (χ1) is 9.02. The molecule has 0 aliphatic rings. The SMILES string of the molecule is CC(CCCCCCC(=O)O)CCCCCC(=O)O. The van der Waals surface area contributed by atoms with Crippen LogP contribution >= 0.6 is 0 Å². The number of aliphatic carboxylic acids is 2. The molecule has 0 aromatic carbocycles. The lowest BCUT2D eigenvalue weighted by Crippen LogP contribution is -1.97. The van der Waals surface area contributed by atoms with E-state index in [-0.39, 0.29) is 6.42 Å². The first kappa shape index (κ1) is 17.9. The van der Waals surface area contributed by atoms with Gasteiger partial charge in [0, 0.05) is 12.8 Å². The molecule has 0 saturated carbocycles. The number of hydrogen-bond donors (Lipinski definition) is 2. The third-order valence-corrected chi connectivity index (χ3v) is 3.43. The summed E-state index contributed by atoms with van der Waals surface area (Å²) >= 11 is 0. The van der Waals surface area contributed by atoms with Gasteiger partial charge >= 0.3 is 11.9 Å². The smallest absolute Gasteiger partial charge is 0.303 e. The van der Waals surface area contributed by atoms with Gasteiger partial charge in [-0.3, -0.25) is 9.59 Å². The second-order valence-electron chi connectivity index (χ2n) is 5.44. The van der Waals surface area contributed by atoms with Crippen molar-refractivity contribution in [3.8, 4) is 0 Å². The maximum Gasteiger partial charge on any atom is 0.303 e. The van der Waals surface area contributed by atoms with Gasteiger partial charge < -0.3 is 10.2 Å². The Bertz CT molecular complexity index is 251. The Balaban J connectivity index is 3.23. The van der Waals surface area contributed by atoms with Crippen LogP contribution in [-0.4, -0.2) is 22.2 Å². The molecule has 4 heteroatoms. The minimum absolute atomic E-state index is 0.290. The standard InChI is InChI=1S/C15H28O4/c1-13(10-6-4-8-12-15(18)19)9-5-2-3-7-11-14(16)17/h13H,2-12H2,1H3,(H,16,17)(H,18,19). The molecular weight excluding hydrogens is 244 g/mol. The van der Waals surface area contributed by atoms with E-state index < -0.39 is 11.9 Å². The van der Waals surface area contributed by atoms with E-state index >= 15 is 0 Å². The molecule has 4 nitrogen and oxygen atoms in total. The number of carbonyl (C=O) groups is 2. The van der Waals surface area contributed by atoms with Crippen LogP contribution in [0.3, 0.4) is 0 Å². The van der Waals surface area contributed by atoms with Gasteiger partial charge in [-0.2, -0.15) is 0 Å². The molecule has 0 rings (SSSR count). The largest absolute Gasteiger partial charge is 0.481 e. The van der Waals surface area contributed by atoms with Crippen LogP contribution in [0.4, 0.5) is 0 Å². The highest BCUT2D eigenvalue weighted by Crippen LogP contribution is 2.17. The van der Waals surface area contributed by atoms with Crippen LogP contribution in [0.1, 0.15) is 77.6 Å². The summed E-state index contributed by atoms with van der Waals surface area (Å²) in [5.74, 6) is -0.701. The summed E-state index contributed by atoms with van der Waals surface area (Å²) in [5.41, 5.74) is 0. The third kappa shape index (κ3) is 14.9. The highest BCUT2D eigenvalue weighted by Gasteiger charge is 2.03. The van der Waals surface area contributed by atoms with Gasteiger partial charge in [0.15, 0.2) is 0 Å². The average molecular weight is 272 g/mol. The molecule has 0 spiro atoms. The third-order valence-electron chi connectivity index (χ3n) is 3.43. The van der Waals surface area contributed by atoms with Crippen LogP contribution in [0.5, 0.6) is 0 Å². The predicted molar refractivity (Wildman–Crippen MR) is 75.2 cm³/mol. The molecule has 0 bridgehead atoms. The van der Waals surface area contributed by atoms with Crippen molar-refractivity contribution in [3.05, 3.63) is 0 Å². The van der Waals surface area contributed by atoms with Gasteiger partial charge in [-0.25, -0.2) is 0 Å². The van der Waals surface area contributed by atoms with Crippen LogP contribution in [0, 0.1) is 5.92 Å². The fourth-order valence-corrected chi connectivity index (χ4v) is 2.21. The van der Waals surface area contributed by atoms with Crippen molar-refractivity contribution >= 4 is 11.9 Å². The second-order valence-corrected chi connectivity index (χ2v) is 5.44. The fraction of sp³-hybridized carbons (Fsp3) is 0.867. The summed E-state index contributed by atoms with van der Waals surface area (Å²) in [4.78, 5) is 20.6. The molecule has 0 heterocycles. The monoisotopic (exact) mass is 272 g/mol. The molecule has 2 N–H and O–H groups in total. The molecule has 0 saturated heterocycles. The topological polar surface area (TPSA) is 74.6 Å². The maximum absolute atomic E-state index is 10.3. The van der Waals surface area contributed by atoms with Crippen LogP contribution in [0.25, 0.3) is 0 Å². The van der Waals surface area contributed by atoms with Gasteiger partial charge in [0.25, 0.3) is 0 Å². The van der Waals surface area contributed by atoms with Crippen molar-refractivity contribution < 1.29 is 19.8 Å². The van der Waals surface area contributed by atoms with Crippen molar-refractivity contribution in [2.24, 2.45) is 5.92 Å². The Morgan fingerprint density at radius 2 is 1.11 bits per heavy atom. The van der Waals surface area contributed by atoms with Gasteiger partial charge in [0.2, 0.25) is 0 Å². The van der Waals surface area contributed by atoms with E-state index in [9.17, 15) is 9.59 Å². The first-order valence-corrected chi connectivity index (χ1v) is 7.46. The van der Waals surface area contributed by atoms with Crippen LogP contribution < -0.4 is 0 Å². The molecule has 0 radical (unpaired) electrons. The maximum atomic E-state index is 10.3. The van der Waals surface area contributed by atoms with Gasteiger partial charge in [0.1, 0.15) is 0 Å². The fourth-order valence-electron chi connectivity index (χ4n) is 2.21. The van der Waals surface area contributed by atoms with Gasteiger partial charge in [-0.05, 0) is 18.8 Å². The van der Waals surface area contributed by atoms with Crippen molar-refractivity contribution in [3.63, 3.8) is 0 Å². The molecule has 0 aromatic rings. The van der Waals surface area contributed by atoms with E-state index in [0.29, 0.717) is 12.3 Å². The Morgan fingerprint density at radius 1 is 0.737 bits per heavy atom. The lowest BCUT2D eigenvalue weighted by Gasteiger charge is -2.10. The average Bonchev–Trinajstić information content (AvgIpc) is 2.32. The highest BCUT2D eigenvalue weighted by atomic mass is 16.4. The molecular formula is C15H28O4. The summed E-state index contributed by atoms with van der Waals surface area (Å²) in [6.07, 6.45) is 9.97. The Morgan fingerprint density at radius 3 is 1.53 bits per heavy atom. The number of carboxylic acids is 2. The van der Waals surface area contributed by atoms with Crippen LogP contribution in [-0.2, 0) is 9.59 Å². The van der Waals surface area contributed by atoms with Crippen LogP contribution in [0.2, 0.25) is 0 Å². The Hall–Kier alpha value is -1.06. The lowest BCUT2D eigenvalue weighted by molar-refractivity contribution is -0.138. The summed E-state index contributed by atoms with van der Waals surface area (Å²) in [5, 5.41) is 17.0. The molecule has 0 fully saturated rings. The molecule has 19 heavy (non-hydrogen) atoms. The number of hydrogen-bond acceptors (Lipinski definition) is 2. The van der Waals surface area contributed by atoms with Gasteiger partial charge in [0.05, 0.1) is 0 Å². The van der Waals surface area contributed by atoms with Crippen molar-refractivity contribution in [2.75, 3.05) is 0 Å². The molecule has 1 unspecified atom stereocenters. The number of rotatable bonds is 13. The first-order valence-electron chi connectivity index (χ1n) is 7.46. The summed E-state index contributed by atoms with van der Waals surface area (Å²) in [6.45, 7) is 2.24. The quantitative estimate of drug-likeness (QED) is 0.495. The van der Waals surface area contributed by atoms with Crippen LogP contribution in [0.15, 0.2) is 0 Å². The van der Waals surface area contributed by atoms with Crippen molar-refractivity contribution in [1.29, 1.82) is 0 Å². The zero-order chi connectivity index (χ0) is 14.5. The number of unbranched alkanes of at least 4 members (excludes halogenated alkanes) is 5.